The Balaban J connectivity index is 1.59. The van der Waals surface area contributed by atoms with Crippen LogP contribution in [0.5, 0.6) is 5.75 Å². The molecule has 0 bridgehead atoms. The van der Waals surface area contributed by atoms with Crippen molar-refractivity contribution in [1.82, 2.24) is 10.6 Å². The first kappa shape index (κ1) is 15.3. The number of methoxy groups -OCH3 is 1. The number of carbonyl (C=O) groups is 1. The zero-order valence-corrected chi connectivity index (χ0v) is 12.6. The maximum atomic E-state index is 11.9. The van der Waals surface area contributed by atoms with Crippen molar-refractivity contribution in [2.45, 2.75) is 25.4 Å². The lowest BCUT2D eigenvalue weighted by Gasteiger charge is -2.22. The van der Waals surface area contributed by atoms with Crippen LogP contribution in [0.2, 0.25) is 0 Å². The predicted octanol–water partition coefficient (Wildman–Crippen LogP) is 1.65. The molecule has 1 aliphatic rings. The van der Waals surface area contributed by atoms with E-state index in [0.29, 0.717) is 29.9 Å². The molecule has 112 valence electrons. The third-order valence-electron chi connectivity index (χ3n) is 3.30. The Hall–Kier alpha value is -1.11. The largest absolute Gasteiger partial charge is 0.495 e. The van der Waals surface area contributed by atoms with Crippen LogP contribution >= 0.6 is 11.3 Å². The summed E-state index contributed by atoms with van der Waals surface area (Å²) >= 11 is 1.39. The molecule has 0 aliphatic carbocycles. The van der Waals surface area contributed by atoms with Gasteiger partial charge in [-0.2, -0.15) is 0 Å². The third kappa shape index (κ3) is 4.47. The Labute approximate surface area is 123 Å². The van der Waals surface area contributed by atoms with Gasteiger partial charge in [-0.05, 0) is 43.8 Å². The minimum absolute atomic E-state index is 0.0706. The summed E-state index contributed by atoms with van der Waals surface area (Å²) in [4.78, 5) is 12.6. The van der Waals surface area contributed by atoms with Crippen LogP contribution in [0, 0.1) is 0 Å². The van der Waals surface area contributed by atoms with Crippen LogP contribution in [0.4, 0.5) is 0 Å². The van der Waals surface area contributed by atoms with Crippen LogP contribution in [-0.4, -0.2) is 45.4 Å². The van der Waals surface area contributed by atoms with Gasteiger partial charge >= 0.3 is 0 Å². The lowest BCUT2D eigenvalue weighted by molar-refractivity contribution is 0.0318. The molecule has 1 aromatic rings. The topological polar surface area (TPSA) is 59.6 Å². The first-order valence-corrected chi connectivity index (χ1v) is 7.91. The summed E-state index contributed by atoms with van der Waals surface area (Å²) in [6.45, 7) is 3.41. The van der Waals surface area contributed by atoms with Crippen molar-refractivity contribution in [3.8, 4) is 5.75 Å². The molecule has 5 nitrogen and oxygen atoms in total. The molecule has 6 heteroatoms. The van der Waals surface area contributed by atoms with Gasteiger partial charge in [0, 0.05) is 13.2 Å². The number of piperidine rings is 1. The molecule has 2 N–H and O–H groups in total. The van der Waals surface area contributed by atoms with Gasteiger partial charge in [0.25, 0.3) is 5.91 Å². The van der Waals surface area contributed by atoms with Gasteiger partial charge in [-0.3, -0.25) is 4.79 Å². The quantitative estimate of drug-likeness (QED) is 0.752. The summed E-state index contributed by atoms with van der Waals surface area (Å²) in [7, 11) is 1.58. The average molecular weight is 298 g/mol. The SMILES string of the molecule is COc1ccsc1C(=O)NCCCOC1CCNCC1. The molecular weight excluding hydrogens is 276 g/mol. The van der Waals surface area contributed by atoms with Gasteiger partial charge in [0.1, 0.15) is 10.6 Å². The van der Waals surface area contributed by atoms with Gasteiger partial charge in [-0.15, -0.1) is 11.3 Å². The highest BCUT2D eigenvalue weighted by atomic mass is 32.1. The second kappa shape index (κ2) is 8.24. The van der Waals surface area contributed by atoms with Crippen molar-refractivity contribution < 1.29 is 14.3 Å². The van der Waals surface area contributed by atoms with Crippen LogP contribution in [0.1, 0.15) is 28.9 Å². The highest BCUT2D eigenvalue weighted by molar-refractivity contribution is 7.12. The normalized spacial score (nSPS) is 16.1. The molecular formula is C14H22N2O3S. The summed E-state index contributed by atoms with van der Waals surface area (Å²) in [6.07, 6.45) is 3.38. The highest BCUT2D eigenvalue weighted by Gasteiger charge is 2.14. The molecule has 20 heavy (non-hydrogen) atoms. The summed E-state index contributed by atoms with van der Waals surface area (Å²) in [5.41, 5.74) is 0. The van der Waals surface area contributed by atoms with Crippen molar-refractivity contribution >= 4 is 17.2 Å². The van der Waals surface area contributed by atoms with Crippen LogP contribution in [-0.2, 0) is 4.74 Å². The second-order valence-corrected chi connectivity index (χ2v) is 5.66. The predicted molar refractivity (Wildman–Crippen MR) is 79.7 cm³/mol. The van der Waals surface area contributed by atoms with Gasteiger partial charge in [0.05, 0.1) is 13.2 Å². The van der Waals surface area contributed by atoms with E-state index in [-0.39, 0.29) is 5.91 Å². The third-order valence-corrected chi connectivity index (χ3v) is 4.20. The fourth-order valence-electron chi connectivity index (χ4n) is 2.19. The summed E-state index contributed by atoms with van der Waals surface area (Å²) in [6, 6.07) is 1.81. The molecule has 1 amide bonds. The molecule has 0 spiro atoms. The van der Waals surface area contributed by atoms with E-state index < -0.39 is 0 Å². The number of nitrogens with one attached hydrogen (secondary N) is 2. The summed E-state index contributed by atoms with van der Waals surface area (Å²) < 4.78 is 10.9. The fourth-order valence-corrected chi connectivity index (χ4v) is 2.96. The van der Waals surface area contributed by atoms with Crippen molar-refractivity contribution in [3.63, 3.8) is 0 Å². The fraction of sp³-hybridized carbons (Fsp3) is 0.643. The first-order valence-electron chi connectivity index (χ1n) is 7.03. The smallest absolute Gasteiger partial charge is 0.265 e. The van der Waals surface area contributed by atoms with E-state index in [1.165, 1.54) is 11.3 Å². The van der Waals surface area contributed by atoms with Gasteiger partial charge < -0.3 is 20.1 Å². The molecule has 0 aromatic carbocycles. The molecule has 0 atom stereocenters. The Morgan fingerprint density at radius 3 is 3.05 bits per heavy atom. The van der Waals surface area contributed by atoms with Crippen LogP contribution in [0.15, 0.2) is 11.4 Å². The summed E-state index contributed by atoms with van der Waals surface area (Å²) in [5.74, 6) is 0.567. The van der Waals surface area contributed by atoms with E-state index in [4.69, 9.17) is 9.47 Å². The first-order chi connectivity index (χ1) is 9.81. The minimum Gasteiger partial charge on any atom is -0.495 e. The second-order valence-electron chi connectivity index (χ2n) is 4.75. The van der Waals surface area contributed by atoms with Gasteiger partial charge in [-0.25, -0.2) is 0 Å². The highest BCUT2D eigenvalue weighted by Crippen LogP contribution is 2.23. The van der Waals surface area contributed by atoms with E-state index in [2.05, 4.69) is 10.6 Å². The number of hydrogen-bond donors (Lipinski definition) is 2. The van der Waals surface area contributed by atoms with E-state index in [0.717, 1.165) is 32.4 Å². The molecule has 1 saturated heterocycles. The Bertz CT molecular complexity index is 416. The van der Waals surface area contributed by atoms with Gasteiger partial charge in [-0.1, -0.05) is 0 Å². The Morgan fingerprint density at radius 1 is 1.50 bits per heavy atom. The number of ether oxygens (including phenoxy) is 2. The number of rotatable bonds is 7. The van der Waals surface area contributed by atoms with Crippen molar-refractivity contribution in [2.24, 2.45) is 0 Å². The van der Waals surface area contributed by atoms with Crippen molar-refractivity contribution in [3.05, 3.63) is 16.3 Å². The zero-order valence-electron chi connectivity index (χ0n) is 11.8. The molecule has 1 aromatic heterocycles. The Kier molecular flexibility index (Phi) is 6.29. The van der Waals surface area contributed by atoms with Crippen LogP contribution in [0.25, 0.3) is 0 Å². The average Bonchev–Trinajstić information content (AvgIpc) is 2.96. The van der Waals surface area contributed by atoms with Crippen LogP contribution in [0.3, 0.4) is 0 Å². The van der Waals surface area contributed by atoms with Crippen LogP contribution < -0.4 is 15.4 Å². The van der Waals surface area contributed by atoms with E-state index in [1.54, 1.807) is 13.2 Å². The number of carbonyl (C=O) groups excluding carboxylic acids is 1. The van der Waals surface area contributed by atoms with E-state index >= 15 is 0 Å². The summed E-state index contributed by atoms with van der Waals surface area (Å²) in [5, 5.41) is 8.06. The Morgan fingerprint density at radius 2 is 2.30 bits per heavy atom. The maximum Gasteiger partial charge on any atom is 0.265 e. The van der Waals surface area contributed by atoms with E-state index in [9.17, 15) is 4.79 Å². The maximum absolute atomic E-state index is 11.9. The van der Waals surface area contributed by atoms with Crippen molar-refractivity contribution in [1.29, 1.82) is 0 Å². The molecule has 1 aliphatic heterocycles. The molecule has 0 radical (unpaired) electrons. The standard InChI is InChI=1S/C14H22N2O3S/c1-18-12-5-10-20-13(12)14(17)16-6-2-9-19-11-3-7-15-8-4-11/h5,10-11,15H,2-4,6-9H2,1H3,(H,16,17). The lowest BCUT2D eigenvalue weighted by Crippen LogP contribution is -2.33. The minimum atomic E-state index is -0.0706. The lowest BCUT2D eigenvalue weighted by atomic mass is 10.1. The molecule has 1 fully saturated rings. The molecule has 0 saturated carbocycles. The van der Waals surface area contributed by atoms with Crippen molar-refractivity contribution in [2.75, 3.05) is 33.4 Å². The zero-order chi connectivity index (χ0) is 14.2. The van der Waals surface area contributed by atoms with Gasteiger partial charge in [0.2, 0.25) is 0 Å². The number of amides is 1. The number of thiophene rings is 1. The molecule has 0 unspecified atom stereocenters. The van der Waals surface area contributed by atoms with E-state index in [1.807, 2.05) is 5.38 Å². The number of hydrogen-bond acceptors (Lipinski definition) is 5. The molecule has 2 rings (SSSR count). The monoisotopic (exact) mass is 298 g/mol. The van der Waals surface area contributed by atoms with Gasteiger partial charge in [0.15, 0.2) is 0 Å². The molecule has 2 heterocycles.